The van der Waals surface area contributed by atoms with Gasteiger partial charge in [-0.15, -0.1) is 0 Å². The number of hydrogen-bond acceptors (Lipinski definition) is 2. The van der Waals surface area contributed by atoms with Crippen LogP contribution < -0.4 is 5.32 Å². The Balaban J connectivity index is 0.000000673. The van der Waals surface area contributed by atoms with Crippen LogP contribution in [0.4, 0.5) is 0 Å². The summed E-state index contributed by atoms with van der Waals surface area (Å²) in [4.78, 5) is 0. The van der Waals surface area contributed by atoms with Crippen molar-refractivity contribution in [1.29, 1.82) is 0 Å². The standard InChI is InChI=1S/C16H15N.C3H9NO.2H2O/c1-12-4-3-5-14(8-12)15-6-7-16-9-13(2)10-17(16)11-15;1-4-2-3-5;;/h3-11H,1-2H3;4-5H,2-3H2,1H3;2*1H2. The Morgan fingerprint density at radius 3 is 2.25 bits per heavy atom. The van der Waals surface area contributed by atoms with Crippen LogP contribution in [0.15, 0.2) is 54.9 Å². The Hall–Kier alpha value is -2.18. The van der Waals surface area contributed by atoms with Crippen LogP contribution >= 0.6 is 0 Å². The number of aryl methyl sites for hydroxylation is 2. The number of aromatic nitrogens is 1. The highest BCUT2D eigenvalue weighted by molar-refractivity contribution is 5.66. The van der Waals surface area contributed by atoms with Crippen molar-refractivity contribution in [2.24, 2.45) is 0 Å². The molecule has 0 saturated heterocycles. The van der Waals surface area contributed by atoms with Gasteiger partial charge in [-0.05, 0) is 49.7 Å². The van der Waals surface area contributed by atoms with E-state index in [9.17, 15) is 0 Å². The molecule has 2 aromatic heterocycles. The van der Waals surface area contributed by atoms with Crippen LogP contribution in [0, 0.1) is 13.8 Å². The Labute approximate surface area is 143 Å². The number of pyridine rings is 1. The van der Waals surface area contributed by atoms with Gasteiger partial charge in [0.25, 0.3) is 0 Å². The second kappa shape index (κ2) is 10.6. The van der Waals surface area contributed by atoms with Gasteiger partial charge in [0.2, 0.25) is 0 Å². The first-order valence-electron chi connectivity index (χ1n) is 7.55. The van der Waals surface area contributed by atoms with E-state index in [2.05, 4.69) is 78.4 Å². The van der Waals surface area contributed by atoms with Crippen LogP contribution in [-0.4, -0.2) is 40.7 Å². The maximum absolute atomic E-state index is 8.00. The molecule has 0 saturated carbocycles. The summed E-state index contributed by atoms with van der Waals surface area (Å²) in [7, 11) is 1.80. The lowest BCUT2D eigenvalue weighted by Gasteiger charge is -2.04. The molecule has 2 heterocycles. The minimum Gasteiger partial charge on any atom is -0.412 e. The second-order valence-electron chi connectivity index (χ2n) is 5.46. The Morgan fingerprint density at radius 2 is 1.67 bits per heavy atom. The van der Waals surface area contributed by atoms with E-state index in [4.69, 9.17) is 5.11 Å². The van der Waals surface area contributed by atoms with Crippen molar-refractivity contribution in [3.05, 3.63) is 66.0 Å². The molecule has 3 rings (SSSR count). The van der Waals surface area contributed by atoms with E-state index in [1.165, 1.54) is 27.8 Å². The summed E-state index contributed by atoms with van der Waals surface area (Å²) in [5, 5.41) is 10.8. The lowest BCUT2D eigenvalue weighted by molar-refractivity contribution is 0.296. The molecular weight excluding hydrogens is 304 g/mol. The van der Waals surface area contributed by atoms with Crippen LogP contribution in [-0.2, 0) is 0 Å². The molecule has 24 heavy (non-hydrogen) atoms. The van der Waals surface area contributed by atoms with E-state index in [1.807, 2.05) is 0 Å². The van der Waals surface area contributed by atoms with Gasteiger partial charge in [-0.3, -0.25) is 0 Å². The minimum atomic E-state index is 0. The van der Waals surface area contributed by atoms with Gasteiger partial charge in [0.1, 0.15) is 0 Å². The van der Waals surface area contributed by atoms with Crippen molar-refractivity contribution in [2.45, 2.75) is 13.8 Å². The monoisotopic (exact) mass is 332 g/mol. The molecule has 5 heteroatoms. The molecule has 132 valence electrons. The van der Waals surface area contributed by atoms with E-state index in [1.54, 1.807) is 7.05 Å². The molecule has 0 amide bonds. The molecule has 0 aliphatic carbocycles. The number of hydrogen-bond donors (Lipinski definition) is 2. The highest BCUT2D eigenvalue weighted by Gasteiger charge is 2.00. The van der Waals surface area contributed by atoms with Crippen molar-refractivity contribution in [2.75, 3.05) is 20.2 Å². The number of rotatable bonds is 3. The van der Waals surface area contributed by atoms with Crippen molar-refractivity contribution in [1.82, 2.24) is 9.72 Å². The number of likely N-dealkylation sites (N-methyl/N-ethyl adjacent to an activating group) is 1. The summed E-state index contributed by atoms with van der Waals surface area (Å²) >= 11 is 0. The van der Waals surface area contributed by atoms with E-state index in [0.717, 1.165) is 0 Å². The molecule has 0 unspecified atom stereocenters. The van der Waals surface area contributed by atoms with Crippen LogP contribution in [0.25, 0.3) is 16.6 Å². The molecule has 0 bridgehead atoms. The van der Waals surface area contributed by atoms with Gasteiger partial charge in [0, 0.05) is 24.5 Å². The second-order valence-corrected chi connectivity index (χ2v) is 5.46. The summed E-state index contributed by atoms with van der Waals surface area (Å²) in [6.45, 7) is 5.18. The lowest BCUT2D eigenvalue weighted by Crippen LogP contribution is -2.10. The zero-order chi connectivity index (χ0) is 15.9. The van der Waals surface area contributed by atoms with Crippen LogP contribution in [0.3, 0.4) is 0 Å². The van der Waals surface area contributed by atoms with Crippen molar-refractivity contribution in [3.63, 3.8) is 0 Å². The zero-order valence-corrected chi connectivity index (χ0v) is 14.5. The first-order valence-corrected chi connectivity index (χ1v) is 7.55. The highest BCUT2D eigenvalue weighted by Crippen LogP contribution is 2.22. The average Bonchev–Trinajstić information content (AvgIpc) is 2.88. The van der Waals surface area contributed by atoms with Gasteiger partial charge in [-0.25, -0.2) is 0 Å². The Morgan fingerprint density at radius 1 is 0.917 bits per heavy atom. The van der Waals surface area contributed by atoms with Gasteiger partial charge in [-0.1, -0.05) is 35.9 Å². The largest absolute Gasteiger partial charge is 0.412 e. The third-order valence-electron chi connectivity index (χ3n) is 3.44. The van der Waals surface area contributed by atoms with E-state index in [0.29, 0.717) is 6.54 Å². The summed E-state index contributed by atoms with van der Waals surface area (Å²) in [5.74, 6) is 0. The van der Waals surface area contributed by atoms with E-state index >= 15 is 0 Å². The molecule has 0 atom stereocenters. The van der Waals surface area contributed by atoms with Gasteiger partial charge >= 0.3 is 0 Å². The van der Waals surface area contributed by atoms with E-state index in [-0.39, 0.29) is 17.6 Å². The van der Waals surface area contributed by atoms with Gasteiger partial charge in [0.15, 0.2) is 0 Å². The summed E-state index contributed by atoms with van der Waals surface area (Å²) in [5.41, 5.74) is 6.38. The Bertz CT molecular complexity index is 736. The Kier molecular flexibility index (Phi) is 9.61. The number of fused-ring (bicyclic) bond motifs is 1. The molecule has 0 aliphatic rings. The molecule has 6 N–H and O–H groups in total. The normalized spacial score (nSPS) is 9.50. The summed E-state index contributed by atoms with van der Waals surface area (Å²) < 4.78 is 2.19. The lowest BCUT2D eigenvalue weighted by atomic mass is 10.1. The number of benzene rings is 1. The smallest absolute Gasteiger partial charge is 0.0555 e. The van der Waals surface area contributed by atoms with Gasteiger partial charge in [0.05, 0.1) is 6.61 Å². The number of aliphatic hydroxyl groups is 1. The molecule has 0 spiro atoms. The fraction of sp³-hybridized carbons (Fsp3) is 0.263. The summed E-state index contributed by atoms with van der Waals surface area (Å²) in [6.07, 6.45) is 4.35. The molecule has 0 fully saturated rings. The fourth-order valence-electron chi connectivity index (χ4n) is 2.36. The van der Waals surface area contributed by atoms with Crippen molar-refractivity contribution >= 4 is 5.52 Å². The summed E-state index contributed by atoms with van der Waals surface area (Å²) in [6, 6.07) is 15.2. The van der Waals surface area contributed by atoms with Crippen LogP contribution in [0.2, 0.25) is 0 Å². The third kappa shape index (κ3) is 5.79. The topological polar surface area (TPSA) is 99.7 Å². The van der Waals surface area contributed by atoms with Crippen molar-refractivity contribution in [3.8, 4) is 11.1 Å². The predicted molar refractivity (Wildman–Crippen MR) is 101 cm³/mol. The quantitative estimate of drug-likeness (QED) is 0.764. The maximum atomic E-state index is 8.00. The van der Waals surface area contributed by atoms with Gasteiger partial charge in [-0.2, -0.15) is 0 Å². The molecule has 0 aliphatic heterocycles. The van der Waals surface area contributed by atoms with Crippen molar-refractivity contribution < 1.29 is 16.1 Å². The minimum absolute atomic E-state index is 0. The van der Waals surface area contributed by atoms with Crippen LogP contribution in [0.1, 0.15) is 11.1 Å². The number of aliphatic hydroxyl groups excluding tert-OH is 1. The number of nitrogens with one attached hydrogen (secondary N) is 1. The first kappa shape index (κ1) is 21.8. The first-order chi connectivity index (χ1) is 10.6. The molecule has 5 nitrogen and oxygen atoms in total. The third-order valence-corrected chi connectivity index (χ3v) is 3.44. The van der Waals surface area contributed by atoms with E-state index < -0.39 is 0 Å². The molecular formula is C19H28N2O3. The molecule has 1 aromatic carbocycles. The highest BCUT2D eigenvalue weighted by atomic mass is 16.3. The van der Waals surface area contributed by atoms with Crippen LogP contribution in [0.5, 0.6) is 0 Å². The molecule has 0 radical (unpaired) electrons. The fourth-order valence-corrected chi connectivity index (χ4v) is 2.36. The van der Waals surface area contributed by atoms with Gasteiger partial charge < -0.3 is 25.8 Å². The predicted octanol–water partition coefficient (Wildman–Crippen LogP) is 1.77. The maximum Gasteiger partial charge on any atom is 0.0555 e. The zero-order valence-electron chi connectivity index (χ0n) is 14.5. The number of nitrogens with zero attached hydrogens (tertiary/aromatic N) is 1. The SMILES string of the molecule is CNCCO.Cc1cccc(-c2ccc3cc(C)cn3c2)c1.O.O. The molecule has 3 aromatic rings. The average molecular weight is 332 g/mol.